The minimum Gasteiger partial charge on any atom is -0.310 e. The molecule has 0 saturated heterocycles. The first-order chi connectivity index (χ1) is 14.8. The van der Waals surface area contributed by atoms with E-state index < -0.39 is 0 Å². The van der Waals surface area contributed by atoms with Crippen LogP contribution in [0.25, 0.3) is 5.95 Å². The Morgan fingerprint density at radius 3 is 2.81 bits per heavy atom. The van der Waals surface area contributed by atoms with Crippen LogP contribution in [0.2, 0.25) is 0 Å². The van der Waals surface area contributed by atoms with Crippen LogP contribution in [0.4, 0.5) is 5.82 Å². The van der Waals surface area contributed by atoms with Gasteiger partial charge >= 0.3 is 0 Å². The summed E-state index contributed by atoms with van der Waals surface area (Å²) >= 11 is 1.47. The van der Waals surface area contributed by atoms with Crippen molar-refractivity contribution in [2.45, 2.75) is 51.2 Å². The van der Waals surface area contributed by atoms with Crippen LogP contribution >= 0.6 is 11.8 Å². The average Bonchev–Trinajstić information content (AvgIpc) is 3.24. The number of fused-ring (bicyclic) bond motifs is 1. The molecule has 0 spiro atoms. The predicted molar refractivity (Wildman–Crippen MR) is 117 cm³/mol. The molecule has 1 atom stereocenters. The van der Waals surface area contributed by atoms with E-state index in [1.54, 1.807) is 24.5 Å². The monoisotopic (exact) mass is 441 g/mol. The molecule has 0 saturated carbocycles. The lowest BCUT2D eigenvalue weighted by atomic mass is 10.2. The molecule has 1 aliphatic rings. The number of aromatic amines is 1. The molecule has 0 radical (unpaired) electrons. The summed E-state index contributed by atoms with van der Waals surface area (Å²) in [5.41, 5.74) is 1.56. The Morgan fingerprint density at radius 1 is 1.23 bits per heavy atom. The Kier molecular flexibility index (Phi) is 5.77. The van der Waals surface area contributed by atoms with Gasteiger partial charge in [-0.15, -0.1) is 0 Å². The number of anilines is 1. The summed E-state index contributed by atoms with van der Waals surface area (Å²) in [6.45, 7) is 5.58. The first-order valence-electron chi connectivity index (χ1n) is 10.0. The van der Waals surface area contributed by atoms with E-state index in [0.29, 0.717) is 40.2 Å². The molecule has 0 fully saturated rings. The van der Waals surface area contributed by atoms with E-state index in [9.17, 15) is 14.4 Å². The van der Waals surface area contributed by atoms with Crippen LogP contribution in [0.1, 0.15) is 42.9 Å². The van der Waals surface area contributed by atoms with Crippen molar-refractivity contribution in [3.63, 3.8) is 0 Å². The quantitative estimate of drug-likeness (QED) is 0.558. The third-order valence-electron chi connectivity index (χ3n) is 4.83. The maximum atomic E-state index is 12.8. The maximum Gasteiger partial charge on any atom is 0.254 e. The highest BCUT2D eigenvalue weighted by molar-refractivity contribution is 7.99. The Hall–Kier alpha value is -3.21. The molecule has 1 unspecified atom stereocenters. The van der Waals surface area contributed by atoms with Gasteiger partial charge < -0.3 is 5.32 Å². The van der Waals surface area contributed by atoms with Gasteiger partial charge in [0.25, 0.3) is 11.1 Å². The van der Waals surface area contributed by atoms with Crippen LogP contribution in [-0.4, -0.2) is 41.0 Å². The number of nitrogens with zero attached hydrogens (tertiary/aromatic N) is 5. The molecule has 3 aromatic heterocycles. The third kappa shape index (κ3) is 4.46. The fraction of sp³-hybridized carbons (Fsp3) is 0.400. The van der Waals surface area contributed by atoms with Gasteiger partial charge in [0.2, 0.25) is 11.9 Å². The molecule has 0 bridgehead atoms. The van der Waals surface area contributed by atoms with E-state index in [1.165, 1.54) is 28.6 Å². The molecule has 4 heterocycles. The molecule has 4 rings (SSSR count). The molecule has 31 heavy (non-hydrogen) atoms. The minimum absolute atomic E-state index is 0.120. The number of H-pyrrole nitrogens is 1. The van der Waals surface area contributed by atoms with Crippen molar-refractivity contribution in [2.75, 3.05) is 11.1 Å². The highest BCUT2D eigenvalue weighted by Crippen LogP contribution is 2.32. The molecule has 0 aliphatic carbocycles. The first kappa shape index (κ1) is 21.0. The van der Waals surface area contributed by atoms with Crippen LogP contribution in [-0.2, 0) is 11.2 Å². The van der Waals surface area contributed by atoms with Gasteiger partial charge in [-0.25, -0.2) is 9.97 Å². The van der Waals surface area contributed by atoms with Crippen LogP contribution in [0, 0.1) is 13.8 Å². The Bertz CT molecular complexity index is 1260. The van der Waals surface area contributed by atoms with Gasteiger partial charge in [-0.2, -0.15) is 9.78 Å². The normalized spacial score (nSPS) is 15.1. The van der Waals surface area contributed by atoms with Crippen LogP contribution in [0.3, 0.4) is 0 Å². The third-order valence-corrected chi connectivity index (χ3v) is 5.92. The number of carbonyl (C=O) groups is 1. The number of aromatic nitrogens is 6. The number of hydrogen-bond acceptors (Lipinski definition) is 7. The Labute approximate surface area is 182 Å². The van der Waals surface area contributed by atoms with Crippen LogP contribution in [0.15, 0.2) is 32.9 Å². The minimum atomic E-state index is -0.277. The van der Waals surface area contributed by atoms with Gasteiger partial charge in [-0.3, -0.25) is 23.9 Å². The summed E-state index contributed by atoms with van der Waals surface area (Å²) in [7, 11) is 0. The lowest BCUT2D eigenvalue weighted by Crippen LogP contribution is -2.28. The molecular formula is C20H23N7O3S. The summed E-state index contributed by atoms with van der Waals surface area (Å²) in [5, 5.41) is 7.85. The molecule has 2 N–H and O–H groups in total. The second-order valence-electron chi connectivity index (χ2n) is 7.50. The van der Waals surface area contributed by atoms with Gasteiger partial charge in [-0.05, 0) is 20.3 Å². The number of carbonyl (C=O) groups excluding carboxylic acids is 1. The average molecular weight is 442 g/mol. The van der Waals surface area contributed by atoms with Crippen LogP contribution in [0.5, 0.6) is 0 Å². The summed E-state index contributed by atoms with van der Waals surface area (Å²) in [5.74, 6) is 0.987. The van der Waals surface area contributed by atoms with Crippen molar-refractivity contribution >= 4 is 23.5 Å². The number of amides is 1. The zero-order valence-corrected chi connectivity index (χ0v) is 18.3. The summed E-state index contributed by atoms with van der Waals surface area (Å²) in [6.07, 6.45) is 1.64. The fourth-order valence-electron chi connectivity index (χ4n) is 3.55. The van der Waals surface area contributed by atoms with Crippen molar-refractivity contribution < 1.29 is 4.79 Å². The predicted octanol–water partition coefficient (Wildman–Crippen LogP) is 1.76. The second-order valence-corrected chi connectivity index (χ2v) is 8.49. The number of hydrogen-bond donors (Lipinski definition) is 2. The zero-order chi connectivity index (χ0) is 22.1. The van der Waals surface area contributed by atoms with Gasteiger partial charge in [0.05, 0.1) is 11.7 Å². The van der Waals surface area contributed by atoms with Crippen molar-refractivity contribution in [3.8, 4) is 5.95 Å². The van der Waals surface area contributed by atoms with E-state index in [4.69, 9.17) is 0 Å². The molecular weight excluding hydrogens is 418 g/mol. The number of thioether (sulfide) groups is 1. The van der Waals surface area contributed by atoms with Crippen molar-refractivity contribution in [3.05, 3.63) is 56.0 Å². The molecule has 11 heteroatoms. The molecule has 3 aromatic rings. The Morgan fingerprint density at radius 2 is 2.03 bits per heavy atom. The molecule has 10 nitrogen and oxygen atoms in total. The number of nitrogens with one attached hydrogen (secondary N) is 2. The topological polar surface area (TPSA) is 128 Å². The molecule has 162 valence electrons. The summed E-state index contributed by atoms with van der Waals surface area (Å²) in [6, 6.07) is 4.37. The first-order valence-corrected chi connectivity index (χ1v) is 11.0. The van der Waals surface area contributed by atoms with Gasteiger partial charge in [0.15, 0.2) is 5.16 Å². The fourth-order valence-corrected chi connectivity index (χ4v) is 4.74. The highest BCUT2D eigenvalue weighted by Gasteiger charge is 2.28. The standard InChI is InChI=1S/C20H23N7O3S/c1-4-5-13-8-16(28)24-19(22-13)27-15(6-12(3)25-27)23-17(29)9-14-10-31-20-21-11(2)7-18(30)26(14)20/h6-8,14H,4-5,9-10H2,1-3H3,(H,23,29)(H,22,24,28). The highest BCUT2D eigenvalue weighted by atomic mass is 32.2. The van der Waals surface area contributed by atoms with E-state index in [0.717, 1.165) is 6.42 Å². The SMILES string of the molecule is CCCc1cc(=O)[nH]c(-n2nc(C)cc2NC(=O)CC2CSc3nc(C)cc(=O)n32)n1. The van der Waals surface area contributed by atoms with Crippen molar-refractivity contribution in [1.29, 1.82) is 0 Å². The number of rotatable bonds is 6. The molecule has 1 amide bonds. The lowest BCUT2D eigenvalue weighted by Gasteiger charge is -2.14. The van der Waals surface area contributed by atoms with Crippen molar-refractivity contribution in [1.82, 2.24) is 29.3 Å². The van der Waals surface area contributed by atoms with Gasteiger partial charge in [-0.1, -0.05) is 25.1 Å². The van der Waals surface area contributed by atoms with E-state index in [1.807, 2.05) is 6.92 Å². The zero-order valence-electron chi connectivity index (χ0n) is 17.5. The largest absolute Gasteiger partial charge is 0.310 e. The van der Waals surface area contributed by atoms with E-state index >= 15 is 0 Å². The van der Waals surface area contributed by atoms with Gasteiger partial charge in [0.1, 0.15) is 5.82 Å². The summed E-state index contributed by atoms with van der Waals surface area (Å²) in [4.78, 5) is 48.7. The summed E-state index contributed by atoms with van der Waals surface area (Å²) < 4.78 is 3.00. The Balaban J connectivity index is 1.57. The molecule has 1 aliphatic heterocycles. The number of aryl methyl sites for hydroxylation is 3. The van der Waals surface area contributed by atoms with E-state index in [-0.39, 0.29) is 35.4 Å². The van der Waals surface area contributed by atoms with Gasteiger partial charge in [0, 0.05) is 41.8 Å². The maximum absolute atomic E-state index is 12.8. The van der Waals surface area contributed by atoms with Crippen LogP contribution < -0.4 is 16.4 Å². The smallest absolute Gasteiger partial charge is 0.254 e. The van der Waals surface area contributed by atoms with E-state index in [2.05, 4.69) is 25.4 Å². The lowest BCUT2D eigenvalue weighted by molar-refractivity contribution is -0.116. The molecule has 0 aromatic carbocycles. The second kappa shape index (κ2) is 8.50. The van der Waals surface area contributed by atoms with Crippen molar-refractivity contribution in [2.24, 2.45) is 0 Å².